The van der Waals surface area contributed by atoms with Crippen LogP contribution in [0.2, 0.25) is 0 Å². The highest BCUT2D eigenvalue weighted by Crippen LogP contribution is 2.32. The molecule has 3 N–H and O–H groups in total. The summed E-state index contributed by atoms with van der Waals surface area (Å²) in [6.07, 6.45) is -4.69. The van der Waals surface area contributed by atoms with Gasteiger partial charge in [0.05, 0.1) is 5.56 Å². The lowest BCUT2D eigenvalue weighted by Crippen LogP contribution is -2.37. The van der Waals surface area contributed by atoms with E-state index in [9.17, 15) is 22.8 Å². The third-order valence-corrected chi connectivity index (χ3v) is 5.95. The molecule has 182 valence electrons. The Bertz CT molecular complexity index is 1230. The predicted molar refractivity (Wildman–Crippen MR) is 126 cm³/mol. The number of carbonyl (C=O) groups excluding carboxylic acids is 1. The van der Waals surface area contributed by atoms with Gasteiger partial charge in [0.1, 0.15) is 0 Å². The van der Waals surface area contributed by atoms with Crippen molar-refractivity contribution in [2.24, 2.45) is 0 Å². The molecule has 0 unspecified atom stereocenters. The first-order chi connectivity index (χ1) is 16.7. The second-order valence-electron chi connectivity index (χ2n) is 8.32. The number of nitrogens with zero attached hydrogens (tertiary/aromatic N) is 1. The molecule has 1 aliphatic heterocycles. The van der Waals surface area contributed by atoms with Crippen molar-refractivity contribution < 1.29 is 27.9 Å². The van der Waals surface area contributed by atoms with Crippen molar-refractivity contribution in [1.29, 1.82) is 0 Å². The zero-order chi connectivity index (χ0) is 25.0. The van der Waals surface area contributed by atoms with Crippen molar-refractivity contribution in [3.63, 3.8) is 0 Å². The average Bonchev–Trinajstić information content (AvgIpc) is 2.83. The summed E-state index contributed by atoms with van der Waals surface area (Å²) in [6.45, 7) is 2.45. The molecule has 3 aromatic rings. The molecule has 4 rings (SSSR count). The van der Waals surface area contributed by atoms with Crippen LogP contribution in [0.15, 0.2) is 66.7 Å². The van der Waals surface area contributed by atoms with Crippen LogP contribution >= 0.6 is 0 Å². The van der Waals surface area contributed by atoms with Gasteiger partial charge in [0.15, 0.2) is 0 Å². The molecule has 35 heavy (non-hydrogen) atoms. The molecule has 3 aromatic carbocycles. The number of carboxylic acid groups (broad SMARTS) is 1. The van der Waals surface area contributed by atoms with Gasteiger partial charge >= 0.3 is 12.3 Å². The Labute approximate surface area is 200 Å². The Kier molecular flexibility index (Phi) is 7.07. The maximum atomic E-state index is 13.1. The molecule has 1 heterocycles. The smallest absolute Gasteiger partial charge is 0.416 e. The van der Waals surface area contributed by atoms with Gasteiger partial charge in [-0.25, -0.2) is 4.79 Å². The summed E-state index contributed by atoms with van der Waals surface area (Å²) in [4.78, 5) is 25.9. The van der Waals surface area contributed by atoms with E-state index in [0.29, 0.717) is 42.0 Å². The standard InChI is InChI=1S/C26H24F3N3O3/c27-26(28,29)20-8-5-17(6-9-20)22-3-1-2-4-23(22)24(33)31-21-10-7-19-16-32(13-11-18(19)15-21)14-12-30-25(34)35/h1-10,15,30H,11-14,16H2,(H,31,33)(H,34,35). The third kappa shape index (κ3) is 5.99. The number of halogens is 3. The lowest BCUT2D eigenvalue weighted by molar-refractivity contribution is -0.137. The van der Waals surface area contributed by atoms with Crippen LogP contribution in [0.25, 0.3) is 11.1 Å². The van der Waals surface area contributed by atoms with Gasteiger partial charge in [0.25, 0.3) is 5.91 Å². The van der Waals surface area contributed by atoms with Crippen LogP contribution < -0.4 is 10.6 Å². The number of nitrogens with one attached hydrogen (secondary N) is 2. The number of benzene rings is 3. The number of carbonyl (C=O) groups is 2. The summed E-state index contributed by atoms with van der Waals surface area (Å²) in [5, 5.41) is 14.0. The van der Waals surface area contributed by atoms with Crippen molar-refractivity contribution in [3.05, 3.63) is 89.0 Å². The minimum absolute atomic E-state index is 0.349. The van der Waals surface area contributed by atoms with Gasteiger partial charge < -0.3 is 15.7 Å². The summed E-state index contributed by atoms with van der Waals surface area (Å²) in [5.74, 6) is -0.349. The first kappa shape index (κ1) is 24.3. The second-order valence-corrected chi connectivity index (χ2v) is 8.32. The Morgan fingerprint density at radius 3 is 2.43 bits per heavy atom. The molecule has 0 fully saturated rings. The first-order valence-corrected chi connectivity index (χ1v) is 11.1. The van der Waals surface area contributed by atoms with E-state index in [-0.39, 0.29) is 5.91 Å². The molecule has 2 amide bonds. The molecule has 9 heteroatoms. The average molecular weight is 483 g/mol. The van der Waals surface area contributed by atoms with E-state index < -0.39 is 17.8 Å². The van der Waals surface area contributed by atoms with Crippen molar-refractivity contribution in [3.8, 4) is 11.1 Å². The van der Waals surface area contributed by atoms with Crippen molar-refractivity contribution in [2.75, 3.05) is 25.0 Å². The number of hydrogen-bond acceptors (Lipinski definition) is 3. The van der Waals surface area contributed by atoms with Gasteiger partial charge in [-0.2, -0.15) is 13.2 Å². The monoisotopic (exact) mass is 483 g/mol. The van der Waals surface area contributed by atoms with Crippen LogP contribution in [0, 0.1) is 0 Å². The van der Waals surface area contributed by atoms with Gasteiger partial charge in [-0.3, -0.25) is 9.69 Å². The number of hydrogen-bond donors (Lipinski definition) is 3. The van der Waals surface area contributed by atoms with E-state index in [1.807, 2.05) is 18.2 Å². The fraction of sp³-hybridized carbons (Fsp3) is 0.231. The highest BCUT2D eigenvalue weighted by molar-refractivity contribution is 6.08. The lowest BCUT2D eigenvalue weighted by Gasteiger charge is -2.29. The van der Waals surface area contributed by atoms with E-state index >= 15 is 0 Å². The molecule has 0 aromatic heterocycles. The number of fused-ring (bicyclic) bond motifs is 1. The molecule has 0 saturated heterocycles. The Morgan fingerprint density at radius 2 is 1.71 bits per heavy atom. The summed E-state index contributed by atoms with van der Waals surface area (Å²) < 4.78 is 38.7. The summed E-state index contributed by atoms with van der Waals surface area (Å²) in [6, 6.07) is 17.2. The third-order valence-electron chi connectivity index (χ3n) is 5.95. The van der Waals surface area contributed by atoms with Gasteiger partial charge in [-0.15, -0.1) is 0 Å². The normalized spacial score (nSPS) is 13.7. The van der Waals surface area contributed by atoms with Gasteiger partial charge in [-0.1, -0.05) is 36.4 Å². The topological polar surface area (TPSA) is 81.7 Å². The van der Waals surface area contributed by atoms with Gasteiger partial charge in [-0.05, 0) is 59.0 Å². The molecule has 0 spiro atoms. The Balaban J connectivity index is 1.46. The van der Waals surface area contributed by atoms with Crippen molar-refractivity contribution in [2.45, 2.75) is 19.1 Å². The molecule has 0 atom stereocenters. The second kappa shape index (κ2) is 10.2. The SMILES string of the molecule is O=C(O)NCCN1CCc2cc(NC(=O)c3ccccc3-c3ccc(C(F)(F)F)cc3)ccc2C1. The Morgan fingerprint density at radius 1 is 0.971 bits per heavy atom. The van der Waals surface area contributed by atoms with Crippen LogP contribution in [0.1, 0.15) is 27.0 Å². The molecule has 0 aliphatic carbocycles. The van der Waals surface area contributed by atoms with Crippen LogP contribution in [0.4, 0.5) is 23.7 Å². The maximum absolute atomic E-state index is 13.1. The number of anilines is 1. The van der Waals surface area contributed by atoms with Gasteiger partial charge in [0, 0.05) is 37.4 Å². The highest BCUT2D eigenvalue weighted by atomic mass is 19.4. The first-order valence-electron chi connectivity index (χ1n) is 11.1. The van der Waals surface area contributed by atoms with E-state index in [1.165, 1.54) is 12.1 Å². The minimum atomic E-state index is -4.42. The van der Waals surface area contributed by atoms with E-state index in [0.717, 1.165) is 36.2 Å². The van der Waals surface area contributed by atoms with E-state index in [1.54, 1.807) is 24.3 Å². The zero-order valence-corrected chi connectivity index (χ0v) is 18.7. The fourth-order valence-electron chi connectivity index (χ4n) is 4.17. The van der Waals surface area contributed by atoms with Crippen molar-refractivity contribution >= 4 is 17.7 Å². The Hall–Kier alpha value is -3.85. The quantitative estimate of drug-likeness (QED) is 0.447. The minimum Gasteiger partial charge on any atom is -0.465 e. The van der Waals surface area contributed by atoms with Crippen LogP contribution in [-0.4, -0.2) is 41.6 Å². The number of alkyl halides is 3. The molecule has 0 saturated carbocycles. The maximum Gasteiger partial charge on any atom is 0.416 e. The highest BCUT2D eigenvalue weighted by Gasteiger charge is 2.30. The largest absolute Gasteiger partial charge is 0.465 e. The summed E-state index contributed by atoms with van der Waals surface area (Å²) in [5.41, 5.74) is 3.55. The molecule has 0 radical (unpaired) electrons. The molecular weight excluding hydrogens is 459 g/mol. The van der Waals surface area contributed by atoms with Crippen molar-refractivity contribution in [1.82, 2.24) is 10.2 Å². The van der Waals surface area contributed by atoms with Gasteiger partial charge in [0.2, 0.25) is 0 Å². The molecule has 6 nitrogen and oxygen atoms in total. The fourth-order valence-corrected chi connectivity index (χ4v) is 4.17. The van der Waals surface area contributed by atoms with Crippen LogP contribution in [0.5, 0.6) is 0 Å². The molecular formula is C26H24F3N3O3. The van der Waals surface area contributed by atoms with E-state index in [2.05, 4.69) is 15.5 Å². The van der Waals surface area contributed by atoms with E-state index in [4.69, 9.17) is 5.11 Å². The lowest BCUT2D eigenvalue weighted by atomic mass is 9.97. The molecule has 1 aliphatic rings. The summed E-state index contributed by atoms with van der Waals surface area (Å²) in [7, 11) is 0. The van der Waals surface area contributed by atoms with Crippen LogP contribution in [0.3, 0.4) is 0 Å². The molecule has 0 bridgehead atoms. The number of rotatable bonds is 6. The summed E-state index contributed by atoms with van der Waals surface area (Å²) >= 11 is 0. The van der Waals surface area contributed by atoms with Crippen LogP contribution in [-0.2, 0) is 19.1 Å². The zero-order valence-electron chi connectivity index (χ0n) is 18.7. The number of amides is 2. The predicted octanol–water partition coefficient (Wildman–Crippen LogP) is 5.25.